The van der Waals surface area contributed by atoms with Crippen molar-refractivity contribution in [1.29, 1.82) is 0 Å². The molecule has 1 heterocycles. The van der Waals surface area contributed by atoms with Gasteiger partial charge in [0, 0.05) is 23.4 Å². The number of ether oxygens (including phenoxy) is 2. The highest BCUT2D eigenvalue weighted by molar-refractivity contribution is 6.05. The highest BCUT2D eigenvalue weighted by Crippen LogP contribution is 2.21. The molecule has 128 valence electrons. The molecule has 24 heavy (non-hydrogen) atoms. The summed E-state index contributed by atoms with van der Waals surface area (Å²) in [5, 5.41) is 2.87. The molecule has 0 radical (unpaired) electrons. The second kappa shape index (κ2) is 8.04. The molecule has 1 saturated heterocycles. The maximum Gasteiger partial charge on any atom is 0.256 e. The number of hydrogen-bond acceptors (Lipinski definition) is 4. The Labute approximate surface area is 147 Å². The molecule has 6 heteroatoms. The first kappa shape index (κ1) is 18.1. The van der Waals surface area contributed by atoms with Gasteiger partial charge in [0.25, 0.3) is 5.91 Å². The molecule has 1 atom stereocenters. The summed E-state index contributed by atoms with van der Waals surface area (Å²) in [5.74, 6) is 0.603. The van der Waals surface area contributed by atoms with Crippen LogP contribution in [0.2, 0.25) is 0 Å². The van der Waals surface area contributed by atoms with Crippen LogP contribution >= 0.6 is 12.4 Å². The number of nitrogens with two attached hydrogens (primary N) is 1. The minimum Gasteiger partial charge on any atom is -0.488 e. The molecule has 0 spiro atoms. The largest absolute Gasteiger partial charge is 0.488 e. The third-order valence-corrected chi connectivity index (χ3v) is 3.81. The number of aryl methyl sites for hydroxylation is 1. The van der Waals surface area contributed by atoms with Gasteiger partial charge in [0.2, 0.25) is 0 Å². The van der Waals surface area contributed by atoms with E-state index < -0.39 is 0 Å². The minimum absolute atomic E-state index is 0. The Hall–Kier alpha value is -2.24. The molecule has 0 aliphatic carbocycles. The van der Waals surface area contributed by atoms with Gasteiger partial charge in [0.15, 0.2) is 0 Å². The molecule has 1 amide bonds. The van der Waals surface area contributed by atoms with E-state index in [4.69, 9.17) is 15.2 Å². The van der Waals surface area contributed by atoms with E-state index in [-0.39, 0.29) is 24.4 Å². The van der Waals surface area contributed by atoms with Gasteiger partial charge in [0.05, 0.1) is 13.2 Å². The zero-order valence-electron chi connectivity index (χ0n) is 13.5. The van der Waals surface area contributed by atoms with Crippen LogP contribution in [0.15, 0.2) is 42.5 Å². The molecule has 1 aliphatic rings. The van der Waals surface area contributed by atoms with Gasteiger partial charge in [0.1, 0.15) is 11.9 Å². The Morgan fingerprint density at radius 1 is 1.25 bits per heavy atom. The van der Waals surface area contributed by atoms with Crippen molar-refractivity contribution in [2.24, 2.45) is 0 Å². The number of nitrogen functional groups attached to an aromatic ring is 1. The van der Waals surface area contributed by atoms with E-state index in [1.807, 2.05) is 37.3 Å². The molecule has 2 aromatic rings. The predicted octanol–water partition coefficient (Wildman–Crippen LogP) is 3.42. The van der Waals surface area contributed by atoms with Crippen LogP contribution in [0.5, 0.6) is 5.75 Å². The molecular weight excluding hydrogens is 328 g/mol. The molecule has 1 unspecified atom stereocenters. The van der Waals surface area contributed by atoms with Crippen molar-refractivity contribution >= 4 is 29.7 Å². The van der Waals surface area contributed by atoms with E-state index in [1.54, 1.807) is 12.1 Å². The summed E-state index contributed by atoms with van der Waals surface area (Å²) in [5.41, 5.74) is 8.50. The van der Waals surface area contributed by atoms with Crippen molar-refractivity contribution in [1.82, 2.24) is 0 Å². The molecule has 3 rings (SSSR count). The van der Waals surface area contributed by atoms with Gasteiger partial charge >= 0.3 is 0 Å². The van der Waals surface area contributed by atoms with E-state index in [0.29, 0.717) is 23.5 Å². The number of amides is 1. The topological polar surface area (TPSA) is 73.6 Å². The van der Waals surface area contributed by atoms with Gasteiger partial charge in [-0.1, -0.05) is 6.07 Å². The van der Waals surface area contributed by atoms with Crippen molar-refractivity contribution in [2.75, 3.05) is 24.3 Å². The van der Waals surface area contributed by atoms with Gasteiger partial charge in [-0.15, -0.1) is 12.4 Å². The van der Waals surface area contributed by atoms with Crippen LogP contribution in [0.1, 0.15) is 22.3 Å². The summed E-state index contributed by atoms with van der Waals surface area (Å²) < 4.78 is 11.1. The minimum atomic E-state index is -0.173. The third kappa shape index (κ3) is 4.40. The average Bonchev–Trinajstić information content (AvgIpc) is 3.04. The van der Waals surface area contributed by atoms with Crippen molar-refractivity contribution in [3.05, 3.63) is 53.6 Å². The number of nitrogens with one attached hydrogen (secondary N) is 1. The van der Waals surface area contributed by atoms with E-state index in [1.165, 1.54) is 0 Å². The molecule has 5 nitrogen and oxygen atoms in total. The summed E-state index contributed by atoms with van der Waals surface area (Å²) in [7, 11) is 0. The van der Waals surface area contributed by atoms with E-state index in [2.05, 4.69) is 5.32 Å². The summed E-state index contributed by atoms with van der Waals surface area (Å²) in [6.07, 6.45) is 1.03. The first-order valence-electron chi connectivity index (χ1n) is 7.64. The van der Waals surface area contributed by atoms with Crippen molar-refractivity contribution in [3.63, 3.8) is 0 Å². The van der Waals surface area contributed by atoms with Crippen LogP contribution in [-0.4, -0.2) is 25.2 Å². The maximum atomic E-state index is 12.3. The van der Waals surface area contributed by atoms with Crippen LogP contribution in [-0.2, 0) is 4.74 Å². The third-order valence-electron chi connectivity index (χ3n) is 3.81. The van der Waals surface area contributed by atoms with Crippen molar-refractivity contribution < 1.29 is 14.3 Å². The Kier molecular flexibility index (Phi) is 6.06. The number of rotatable bonds is 4. The first-order chi connectivity index (χ1) is 11.1. The lowest BCUT2D eigenvalue weighted by Crippen LogP contribution is -2.16. The van der Waals surface area contributed by atoms with Gasteiger partial charge in [-0.3, -0.25) is 4.79 Å². The number of anilines is 2. The fraction of sp³-hybridized carbons (Fsp3) is 0.278. The highest BCUT2D eigenvalue weighted by Gasteiger charge is 2.17. The van der Waals surface area contributed by atoms with E-state index >= 15 is 0 Å². The number of halogens is 1. The summed E-state index contributed by atoms with van der Waals surface area (Å²) in [6, 6.07) is 12.6. The second-order valence-electron chi connectivity index (χ2n) is 5.66. The summed E-state index contributed by atoms with van der Waals surface area (Å²) in [4.78, 5) is 12.3. The number of benzene rings is 2. The van der Waals surface area contributed by atoms with Gasteiger partial charge in [-0.05, 0) is 48.9 Å². The summed E-state index contributed by atoms with van der Waals surface area (Å²) in [6.45, 7) is 3.26. The maximum absolute atomic E-state index is 12.3. The molecule has 0 bridgehead atoms. The number of carbonyl (C=O) groups is 1. The van der Waals surface area contributed by atoms with Crippen LogP contribution in [0.4, 0.5) is 11.4 Å². The summed E-state index contributed by atoms with van der Waals surface area (Å²) >= 11 is 0. The monoisotopic (exact) mass is 348 g/mol. The fourth-order valence-corrected chi connectivity index (χ4v) is 2.50. The Morgan fingerprint density at radius 2 is 2.00 bits per heavy atom. The fourth-order valence-electron chi connectivity index (χ4n) is 2.50. The first-order valence-corrected chi connectivity index (χ1v) is 7.64. The van der Waals surface area contributed by atoms with Gasteiger partial charge < -0.3 is 20.5 Å². The highest BCUT2D eigenvalue weighted by atomic mass is 35.5. The Bertz CT molecular complexity index is 698. The lowest BCUT2D eigenvalue weighted by Gasteiger charge is -2.13. The Morgan fingerprint density at radius 3 is 2.67 bits per heavy atom. The number of hydrogen-bond donors (Lipinski definition) is 2. The zero-order valence-corrected chi connectivity index (χ0v) is 14.3. The lowest BCUT2D eigenvalue weighted by molar-refractivity contribution is 0.102. The zero-order chi connectivity index (χ0) is 16.2. The number of carbonyl (C=O) groups excluding carboxylic acids is 1. The molecule has 0 saturated carbocycles. The van der Waals surface area contributed by atoms with E-state index in [9.17, 15) is 4.79 Å². The van der Waals surface area contributed by atoms with Gasteiger partial charge in [-0.2, -0.15) is 0 Å². The predicted molar refractivity (Wildman–Crippen MR) is 97.1 cm³/mol. The van der Waals surface area contributed by atoms with Crippen LogP contribution in [0.25, 0.3) is 0 Å². The molecule has 1 aliphatic heterocycles. The average molecular weight is 349 g/mol. The van der Waals surface area contributed by atoms with Crippen molar-refractivity contribution in [2.45, 2.75) is 19.4 Å². The normalized spacial score (nSPS) is 16.3. The van der Waals surface area contributed by atoms with E-state index in [0.717, 1.165) is 24.3 Å². The molecule has 2 aromatic carbocycles. The second-order valence-corrected chi connectivity index (χ2v) is 5.66. The smallest absolute Gasteiger partial charge is 0.256 e. The SMILES string of the molecule is Cc1ccc(N)cc1C(=O)Nc1ccc(OC2CCOC2)cc1.Cl. The van der Waals surface area contributed by atoms with Crippen molar-refractivity contribution in [3.8, 4) is 5.75 Å². The Balaban J connectivity index is 0.00000208. The standard InChI is InChI=1S/C18H20N2O3.ClH/c1-12-2-3-13(19)10-17(12)18(21)20-14-4-6-15(7-5-14)23-16-8-9-22-11-16;/h2-7,10,16H,8-9,11,19H2,1H3,(H,20,21);1H. The lowest BCUT2D eigenvalue weighted by atomic mass is 10.1. The van der Waals surface area contributed by atoms with Crippen LogP contribution in [0.3, 0.4) is 0 Å². The molecule has 0 aromatic heterocycles. The molecular formula is C18H21ClN2O3. The molecule has 3 N–H and O–H groups in total. The molecule has 1 fully saturated rings. The van der Waals surface area contributed by atoms with Crippen LogP contribution < -0.4 is 15.8 Å². The van der Waals surface area contributed by atoms with Crippen LogP contribution in [0, 0.1) is 6.92 Å². The quantitative estimate of drug-likeness (QED) is 0.830. The van der Waals surface area contributed by atoms with Gasteiger partial charge in [-0.25, -0.2) is 0 Å².